The van der Waals surface area contributed by atoms with E-state index < -0.39 is 0 Å². The highest BCUT2D eigenvalue weighted by atomic mass is 32.1. The number of rotatable bonds is 3. The van der Waals surface area contributed by atoms with Crippen molar-refractivity contribution < 1.29 is 0 Å². The van der Waals surface area contributed by atoms with Gasteiger partial charge in [-0.15, -0.1) is 11.3 Å². The second-order valence-corrected chi connectivity index (χ2v) is 5.52. The van der Waals surface area contributed by atoms with Crippen LogP contribution in [0.25, 0.3) is 10.2 Å². The van der Waals surface area contributed by atoms with Crippen LogP contribution in [0.15, 0.2) is 48.0 Å². The van der Waals surface area contributed by atoms with Gasteiger partial charge in [-0.1, -0.05) is 12.1 Å². The summed E-state index contributed by atoms with van der Waals surface area (Å²) in [4.78, 5) is 4.28. The van der Waals surface area contributed by atoms with Crippen LogP contribution in [0.4, 0.5) is 5.69 Å². The summed E-state index contributed by atoms with van der Waals surface area (Å²) < 4.78 is 1.18. The van der Waals surface area contributed by atoms with Crippen molar-refractivity contribution in [2.45, 2.75) is 13.0 Å². The summed E-state index contributed by atoms with van der Waals surface area (Å²) in [5, 5.41) is 12.3. The first kappa shape index (κ1) is 12.6. The monoisotopic (exact) mass is 279 g/mol. The van der Waals surface area contributed by atoms with Gasteiger partial charge in [0.2, 0.25) is 0 Å². The molecule has 1 unspecified atom stereocenters. The van der Waals surface area contributed by atoms with Crippen LogP contribution < -0.4 is 5.32 Å². The molecule has 0 radical (unpaired) electrons. The van der Waals surface area contributed by atoms with E-state index in [4.69, 9.17) is 5.26 Å². The van der Waals surface area contributed by atoms with Crippen LogP contribution >= 0.6 is 11.3 Å². The van der Waals surface area contributed by atoms with Crippen LogP contribution in [0.5, 0.6) is 0 Å². The third-order valence-electron chi connectivity index (χ3n) is 3.25. The molecule has 0 saturated heterocycles. The minimum Gasteiger partial charge on any atom is -0.378 e. The van der Waals surface area contributed by atoms with E-state index in [0.29, 0.717) is 5.56 Å². The molecular weight excluding hydrogens is 266 g/mol. The number of anilines is 1. The summed E-state index contributed by atoms with van der Waals surface area (Å²) in [7, 11) is 0. The first-order chi connectivity index (χ1) is 9.76. The van der Waals surface area contributed by atoms with Crippen molar-refractivity contribution in [1.29, 1.82) is 5.26 Å². The average Bonchev–Trinajstić information content (AvgIpc) is 2.95. The van der Waals surface area contributed by atoms with Gasteiger partial charge in [-0.2, -0.15) is 5.26 Å². The van der Waals surface area contributed by atoms with Crippen LogP contribution in [0, 0.1) is 11.3 Å². The molecule has 20 heavy (non-hydrogen) atoms. The van der Waals surface area contributed by atoms with Crippen LogP contribution in [-0.4, -0.2) is 4.98 Å². The van der Waals surface area contributed by atoms with Gasteiger partial charge in [0, 0.05) is 11.7 Å². The summed E-state index contributed by atoms with van der Waals surface area (Å²) in [6.07, 6.45) is 0. The van der Waals surface area contributed by atoms with Crippen molar-refractivity contribution in [3.63, 3.8) is 0 Å². The molecule has 3 aromatic rings. The molecule has 1 aromatic heterocycles. The number of hydrogen-bond acceptors (Lipinski definition) is 4. The first-order valence-electron chi connectivity index (χ1n) is 6.36. The highest BCUT2D eigenvalue weighted by Crippen LogP contribution is 2.25. The quantitative estimate of drug-likeness (QED) is 0.775. The molecule has 0 spiro atoms. The van der Waals surface area contributed by atoms with Gasteiger partial charge in [0.1, 0.15) is 0 Å². The van der Waals surface area contributed by atoms with Gasteiger partial charge < -0.3 is 5.32 Å². The Morgan fingerprint density at radius 1 is 1.20 bits per heavy atom. The van der Waals surface area contributed by atoms with E-state index in [1.807, 2.05) is 41.9 Å². The molecule has 0 aliphatic rings. The number of hydrogen-bond donors (Lipinski definition) is 1. The Balaban J connectivity index is 1.80. The number of nitrogens with one attached hydrogen (secondary N) is 1. The lowest BCUT2D eigenvalue weighted by atomic mass is 10.1. The standard InChI is InChI=1S/C16H13N3S/c1-11(13-4-2-12(9-17)3-5-13)19-14-6-7-15-16(8-14)20-10-18-15/h2-8,10-11,19H,1H3. The highest BCUT2D eigenvalue weighted by molar-refractivity contribution is 7.16. The summed E-state index contributed by atoms with van der Waals surface area (Å²) in [5.41, 5.74) is 5.82. The Labute approximate surface area is 121 Å². The Kier molecular flexibility index (Phi) is 3.36. The van der Waals surface area contributed by atoms with Crippen LogP contribution in [-0.2, 0) is 0 Å². The molecule has 1 N–H and O–H groups in total. The van der Waals surface area contributed by atoms with Crippen molar-refractivity contribution in [2.75, 3.05) is 5.32 Å². The highest BCUT2D eigenvalue weighted by Gasteiger charge is 2.06. The van der Waals surface area contributed by atoms with Crippen LogP contribution in [0.1, 0.15) is 24.1 Å². The zero-order valence-corrected chi connectivity index (χ0v) is 11.8. The van der Waals surface area contributed by atoms with E-state index in [0.717, 1.165) is 16.8 Å². The number of nitriles is 1. The maximum Gasteiger partial charge on any atom is 0.0991 e. The molecule has 1 heterocycles. The van der Waals surface area contributed by atoms with Gasteiger partial charge in [-0.05, 0) is 42.8 Å². The third-order valence-corrected chi connectivity index (χ3v) is 4.05. The number of benzene rings is 2. The maximum absolute atomic E-state index is 8.81. The topological polar surface area (TPSA) is 48.7 Å². The molecule has 4 heteroatoms. The van der Waals surface area contributed by atoms with Crippen molar-refractivity contribution in [3.8, 4) is 6.07 Å². The normalized spacial score (nSPS) is 12.0. The van der Waals surface area contributed by atoms with E-state index >= 15 is 0 Å². The molecule has 0 fully saturated rings. The van der Waals surface area contributed by atoms with Gasteiger partial charge in [0.05, 0.1) is 27.4 Å². The predicted molar refractivity (Wildman–Crippen MR) is 82.8 cm³/mol. The van der Waals surface area contributed by atoms with E-state index in [2.05, 4.69) is 29.4 Å². The van der Waals surface area contributed by atoms with Crippen molar-refractivity contribution >= 4 is 27.2 Å². The number of fused-ring (bicyclic) bond motifs is 1. The largest absolute Gasteiger partial charge is 0.378 e. The third kappa shape index (κ3) is 2.49. The molecule has 0 bridgehead atoms. The van der Waals surface area contributed by atoms with Gasteiger partial charge in [0.15, 0.2) is 0 Å². The number of aromatic nitrogens is 1. The summed E-state index contributed by atoms with van der Waals surface area (Å²) >= 11 is 1.64. The Hall–Kier alpha value is -2.38. The lowest BCUT2D eigenvalue weighted by Crippen LogP contribution is -2.06. The molecule has 3 rings (SSSR count). The molecule has 0 aliphatic heterocycles. The molecular formula is C16H13N3S. The Morgan fingerprint density at radius 3 is 2.75 bits per heavy atom. The SMILES string of the molecule is CC(Nc1ccc2ncsc2c1)c1ccc(C#N)cc1. The summed E-state index contributed by atoms with van der Waals surface area (Å²) in [6, 6.07) is 16.2. The fourth-order valence-corrected chi connectivity index (χ4v) is 2.84. The van der Waals surface area contributed by atoms with Gasteiger partial charge in [-0.25, -0.2) is 4.98 Å². The molecule has 0 amide bonds. The average molecular weight is 279 g/mol. The van der Waals surface area contributed by atoms with E-state index in [1.54, 1.807) is 11.3 Å². The van der Waals surface area contributed by atoms with Crippen molar-refractivity contribution in [1.82, 2.24) is 4.98 Å². The summed E-state index contributed by atoms with van der Waals surface area (Å²) in [5.74, 6) is 0. The first-order valence-corrected chi connectivity index (χ1v) is 7.24. The molecule has 2 aromatic carbocycles. The van der Waals surface area contributed by atoms with Gasteiger partial charge in [0.25, 0.3) is 0 Å². The second kappa shape index (κ2) is 5.32. The smallest absolute Gasteiger partial charge is 0.0991 e. The molecule has 3 nitrogen and oxygen atoms in total. The Bertz CT molecular complexity index is 768. The lowest BCUT2D eigenvalue weighted by molar-refractivity contribution is 0.885. The van der Waals surface area contributed by atoms with Crippen molar-refractivity contribution in [3.05, 3.63) is 59.1 Å². The van der Waals surface area contributed by atoms with Gasteiger partial charge >= 0.3 is 0 Å². The minimum absolute atomic E-state index is 0.188. The number of nitrogens with zero attached hydrogens (tertiary/aromatic N) is 2. The van der Waals surface area contributed by atoms with E-state index in [9.17, 15) is 0 Å². The van der Waals surface area contributed by atoms with Crippen LogP contribution in [0.2, 0.25) is 0 Å². The summed E-state index contributed by atoms with van der Waals surface area (Å²) in [6.45, 7) is 2.11. The van der Waals surface area contributed by atoms with Crippen molar-refractivity contribution in [2.24, 2.45) is 0 Å². The minimum atomic E-state index is 0.188. The number of thiazole rings is 1. The Morgan fingerprint density at radius 2 is 2.00 bits per heavy atom. The predicted octanol–water partition coefficient (Wildman–Crippen LogP) is 4.34. The van der Waals surface area contributed by atoms with Gasteiger partial charge in [-0.3, -0.25) is 0 Å². The molecule has 0 saturated carbocycles. The second-order valence-electron chi connectivity index (χ2n) is 4.63. The van der Waals surface area contributed by atoms with Crippen LogP contribution in [0.3, 0.4) is 0 Å². The zero-order chi connectivity index (χ0) is 13.9. The maximum atomic E-state index is 8.81. The molecule has 1 atom stereocenters. The lowest BCUT2D eigenvalue weighted by Gasteiger charge is -2.15. The molecule has 0 aliphatic carbocycles. The molecule has 98 valence electrons. The fraction of sp³-hybridized carbons (Fsp3) is 0.125. The zero-order valence-electron chi connectivity index (χ0n) is 11.0. The van der Waals surface area contributed by atoms with E-state index in [-0.39, 0.29) is 6.04 Å². The van der Waals surface area contributed by atoms with E-state index in [1.165, 1.54) is 4.70 Å². The fourth-order valence-electron chi connectivity index (χ4n) is 2.12.